The second kappa shape index (κ2) is 7.11. The summed E-state index contributed by atoms with van der Waals surface area (Å²) < 4.78 is 10.6. The summed E-state index contributed by atoms with van der Waals surface area (Å²) in [6, 6.07) is 7.43. The maximum Gasteiger partial charge on any atom is 0.327 e. The van der Waals surface area contributed by atoms with Gasteiger partial charge in [0.1, 0.15) is 17.9 Å². The Labute approximate surface area is 113 Å². The Morgan fingerprint density at radius 3 is 2.79 bits per heavy atom. The van der Waals surface area contributed by atoms with E-state index >= 15 is 0 Å². The van der Waals surface area contributed by atoms with Crippen LogP contribution in [-0.2, 0) is 16.1 Å². The molecule has 106 valence electrons. The number of hydrogen-bond donors (Lipinski definition) is 2. The third kappa shape index (κ3) is 4.54. The molecule has 0 amide bonds. The van der Waals surface area contributed by atoms with E-state index in [2.05, 4.69) is 5.32 Å². The van der Waals surface area contributed by atoms with E-state index in [0.717, 1.165) is 5.56 Å². The second-order valence-electron chi connectivity index (χ2n) is 4.54. The molecule has 1 atom stereocenters. The van der Waals surface area contributed by atoms with Crippen molar-refractivity contribution in [1.82, 2.24) is 5.32 Å². The molecule has 1 unspecified atom stereocenters. The lowest BCUT2D eigenvalue weighted by molar-refractivity contribution is -0.145. The third-order valence-corrected chi connectivity index (χ3v) is 2.78. The Kier molecular flexibility index (Phi) is 5.79. The number of aliphatic carboxylic acids is 1. The Balaban J connectivity index is 2.69. The summed E-state index contributed by atoms with van der Waals surface area (Å²) in [7, 11) is 1.63. The SMILES string of the molecule is CCNC(C)(COc1cccc(COC)c1)C(=O)O. The van der Waals surface area contributed by atoms with Gasteiger partial charge in [0, 0.05) is 7.11 Å². The van der Waals surface area contributed by atoms with Gasteiger partial charge in [-0.25, -0.2) is 0 Å². The minimum Gasteiger partial charge on any atom is -0.491 e. The molecule has 1 aromatic carbocycles. The van der Waals surface area contributed by atoms with E-state index in [1.54, 1.807) is 20.1 Å². The van der Waals surface area contributed by atoms with E-state index in [1.807, 2.05) is 25.1 Å². The van der Waals surface area contributed by atoms with Crippen molar-refractivity contribution >= 4 is 5.97 Å². The number of carboxylic acids is 1. The van der Waals surface area contributed by atoms with Crippen LogP contribution in [-0.4, -0.2) is 36.9 Å². The topological polar surface area (TPSA) is 67.8 Å². The van der Waals surface area contributed by atoms with Gasteiger partial charge < -0.3 is 14.6 Å². The van der Waals surface area contributed by atoms with Crippen LogP contribution in [0.3, 0.4) is 0 Å². The fourth-order valence-corrected chi connectivity index (χ4v) is 1.70. The Hall–Kier alpha value is -1.59. The summed E-state index contributed by atoms with van der Waals surface area (Å²) in [6.45, 7) is 4.60. The van der Waals surface area contributed by atoms with Crippen molar-refractivity contribution in [3.05, 3.63) is 29.8 Å². The van der Waals surface area contributed by atoms with Crippen molar-refractivity contribution in [3.8, 4) is 5.75 Å². The van der Waals surface area contributed by atoms with Crippen molar-refractivity contribution in [3.63, 3.8) is 0 Å². The number of rotatable bonds is 8. The third-order valence-electron chi connectivity index (χ3n) is 2.78. The Bertz CT molecular complexity index is 422. The fraction of sp³-hybridized carbons (Fsp3) is 0.500. The molecule has 0 heterocycles. The summed E-state index contributed by atoms with van der Waals surface area (Å²) in [6.07, 6.45) is 0. The molecule has 0 radical (unpaired) electrons. The molecule has 0 bridgehead atoms. The van der Waals surface area contributed by atoms with Crippen LogP contribution in [0, 0.1) is 0 Å². The van der Waals surface area contributed by atoms with Gasteiger partial charge in [-0.15, -0.1) is 0 Å². The summed E-state index contributed by atoms with van der Waals surface area (Å²) in [5, 5.41) is 12.1. The highest BCUT2D eigenvalue weighted by Crippen LogP contribution is 2.16. The minimum atomic E-state index is -1.09. The first kappa shape index (κ1) is 15.5. The van der Waals surface area contributed by atoms with E-state index in [1.165, 1.54) is 0 Å². The average molecular weight is 267 g/mol. The Morgan fingerprint density at radius 2 is 2.21 bits per heavy atom. The molecule has 0 aliphatic rings. The lowest BCUT2D eigenvalue weighted by atomic mass is 10.0. The second-order valence-corrected chi connectivity index (χ2v) is 4.54. The van der Waals surface area contributed by atoms with Gasteiger partial charge >= 0.3 is 5.97 Å². The summed E-state index contributed by atoms with van der Waals surface area (Å²) in [4.78, 5) is 11.2. The predicted octanol–water partition coefficient (Wildman–Crippen LogP) is 1.66. The zero-order valence-electron chi connectivity index (χ0n) is 11.6. The number of nitrogens with one attached hydrogen (secondary N) is 1. The number of carboxylic acid groups (broad SMARTS) is 1. The average Bonchev–Trinajstić information content (AvgIpc) is 2.37. The molecule has 0 aliphatic carbocycles. The molecular weight excluding hydrogens is 246 g/mol. The molecule has 19 heavy (non-hydrogen) atoms. The van der Waals surface area contributed by atoms with E-state index < -0.39 is 11.5 Å². The van der Waals surface area contributed by atoms with Crippen LogP contribution >= 0.6 is 0 Å². The van der Waals surface area contributed by atoms with Gasteiger partial charge in [0.05, 0.1) is 6.61 Å². The number of benzene rings is 1. The van der Waals surface area contributed by atoms with Crippen LogP contribution in [0.2, 0.25) is 0 Å². The lowest BCUT2D eigenvalue weighted by Gasteiger charge is -2.25. The Morgan fingerprint density at radius 1 is 1.47 bits per heavy atom. The van der Waals surface area contributed by atoms with Crippen molar-refractivity contribution in [2.24, 2.45) is 0 Å². The molecule has 0 saturated heterocycles. The minimum absolute atomic E-state index is 0.0621. The highest BCUT2D eigenvalue weighted by Gasteiger charge is 2.33. The smallest absolute Gasteiger partial charge is 0.327 e. The van der Waals surface area contributed by atoms with Gasteiger partial charge in [0.2, 0.25) is 0 Å². The number of carbonyl (C=O) groups is 1. The first-order chi connectivity index (χ1) is 9.01. The first-order valence-electron chi connectivity index (χ1n) is 6.21. The van der Waals surface area contributed by atoms with Crippen LogP contribution in [0.25, 0.3) is 0 Å². The van der Waals surface area contributed by atoms with Crippen LogP contribution in [0.5, 0.6) is 5.75 Å². The van der Waals surface area contributed by atoms with Crippen molar-refractivity contribution in [2.75, 3.05) is 20.3 Å². The predicted molar refractivity (Wildman–Crippen MR) is 72.4 cm³/mol. The number of hydrogen-bond acceptors (Lipinski definition) is 4. The van der Waals surface area contributed by atoms with Crippen molar-refractivity contribution in [1.29, 1.82) is 0 Å². The first-order valence-corrected chi connectivity index (χ1v) is 6.21. The molecule has 1 rings (SSSR count). The fourth-order valence-electron chi connectivity index (χ4n) is 1.70. The van der Waals surface area contributed by atoms with Gasteiger partial charge in [-0.1, -0.05) is 19.1 Å². The molecule has 0 aliphatic heterocycles. The standard InChI is InChI=1S/C14H21NO4/c1-4-15-14(2,13(16)17)10-19-12-7-5-6-11(8-12)9-18-3/h5-8,15H,4,9-10H2,1-3H3,(H,16,17). The summed E-state index contributed by atoms with van der Waals surface area (Å²) >= 11 is 0. The van der Waals surface area contributed by atoms with E-state index in [4.69, 9.17) is 9.47 Å². The normalized spacial score (nSPS) is 13.8. The number of likely N-dealkylation sites (N-methyl/N-ethyl adjacent to an activating group) is 1. The van der Waals surface area contributed by atoms with E-state index in [-0.39, 0.29) is 6.61 Å². The number of methoxy groups -OCH3 is 1. The number of ether oxygens (including phenoxy) is 2. The summed E-state index contributed by atoms with van der Waals surface area (Å²) in [5.74, 6) is -0.290. The largest absolute Gasteiger partial charge is 0.491 e. The highest BCUT2D eigenvalue weighted by atomic mass is 16.5. The van der Waals surface area contributed by atoms with Crippen molar-refractivity contribution in [2.45, 2.75) is 26.0 Å². The quantitative estimate of drug-likeness (QED) is 0.750. The van der Waals surface area contributed by atoms with Gasteiger partial charge in [0.25, 0.3) is 0 Å². The molecule has 0 spiro atoms. The molecule has 5 nitrogen and oxygen atoms in total. The molecule has 0 fully saturated rings. The molecule has 1 aromatic rings. The van der Waals surface area contributed by atoms with Gasteiger partial charge in [-0.05, 0) is 31.2 Å². The van der Waals surface area contributed by atoms with Crippen LogP contribution < -0.4 is 10.1 Å². The van der Waals surface area contributed by atoms with Crippen LogP contribution in [0.15, 0.2) is 24.3 Å². The van der Waals surface area contributed by atoms with Gasteiger partial charge in [0.15, 0.2) is 0 Å². The van der Waals surface area contributed by atoms with Crippen molar-refractivity contribution < 1.29 is 19.4 Å². The van der Waals surface area contributed by atoms with Crippen LogP contribution in [0.4, 0.5) is 0 Å². The van der Waals surface area contributed by atoms with E-state index in [9.17, 15) is 9.90 Å². The molecule has 5 heteroatoms. The molecule has 0 aromatic heterocycles. The lowest BCUT2D eigenvalue weighted by Crippen LogP contribution is -2.53. The monoisotopic (exact) mass is 267 g/mol. The zero-order chi connectivity index (χ0) is 14.3. The van der Waals surface area contributed by atoms with Gasteiger partial charge in [-0.2, -0.15) is 0 Å². The van der Waals surface area contributed by atoms with Gasteiger partial charge in [-0.3, -0.25) is 10.1 Å². The molecule has 0 saturated carbocycles. The highest BCUT2D eigenvalue weighted by molar-refractivity contribution is 5.78. The zero-order valence-corrected chi connectivity index (χ0v) is 11.6. The summed E-state index contributed by atoms with van der Waals surface area (Å²) in [5.41, 5.74) is -0.105. The molecular formula is C14H21NO4. The maximum atomic E-state index is 11.2. The van der Waals surface area contributed by atoms with E-state index in [0.29, 0.717) is 18.9 Å². The van der Waals surface area contributed by atoms with Crippen LogP contribution in [0.1, 0.15) is 19.4 Å². The maximum absolute atomic E-state index is 11.2. The molecule has 2 N–H and O–H groups in total.